The largest absolute Gasteiger partial charge is 0.497 e. The normalized spacial score (nSPS) is 16.3. The summed E-state index contributed by atoms with van der Waals surface area (Å²) in [6.07, 6.45) is 1.69. The zero-order chi connectivity index (χ0) is 20.1. The van der Waals surface area contributed by atoms with Crippen LogP contribution in [0.3, 0.4) is 0 Å². The van der Waals surface area contributed by atoms with Crippen molar-refractivity contribution < 1.29 is 23.0 Å². The molecule has 1 heterocycles. The molecule has 0 bridgehead atoms. The number of nitrogens with zero attached hydrogens (tertiary/aromatic N) is 1. The topological polar surface area (TPSA) is 50.8 Å². The summed E-state index contributed by atoms with van der Waals surface area (Å²) in [6.45, 7) is 0.608. The zero-order valence-corrected chi connectivity index (χ0v) is 16.5. The Bertz CT molecular complexity index is 835. The third-order valence-electron chi connectivity index (χ3n) is 4.62. The molecule has 2 aromatic rings. The number of anilines is 1. The average Bonchev–Trinajstić information content (AvgIpc) is 3.17. The first-order valence-corrected chi connectivity index (χ1v) is 9.74. The Kier molecular flexibility index (Phi) is 6.61. The van der Waals surface area contributed by atoms with E-state index in [0.29, 0.717) is 40.4 Å². The van der Waals surface area contributed by atoms with Gasteiger partial charge >= 0.3 is 6.03 Å². The molecule has 2 aromatic carbocycles. The molecule has 1 N–H and O–H groups in total. The minimum absolute atomic E-state index is 0.125. The maximum Gasteiger partial charge on any atom is 0.322 e. The van der Waals surface area contributed by atoms with Gasteiger partial charge in [-0.25, -0.2) is 4.79 Å². The highest BCUT2D eigenvalue weighted by molar-refractivity contribution is 7.99. The highest BCUT2D eigenvalue weighted by Gasteiger charge is 2.32. The number of ether oxygens (including phenoxy) is 2. The fraction of sp³-hybridized carbons (Fsp3) is 0.350. The summed E-state index contributed by atoms with van der Waals surface area (Å²) in [5.74, 6) is -1.15. The number of methoxy groups -OCH3 is 2. The Balaban J connectivity index is 1.77. The molecule has 1 atom stereocenters. The summed E-state index contributed by atoms with van der Waals surface area (Å²) in [7, 11) is 3.17. The number of hydrogen-bond donors (Lipinski definition) is 1. The number of thioether (sulfide) groups is 1. The lowest BCUT2D eigenvalue weighted by molar-refractivity contribution is 0.206. The first-order valence-electron chi connectivity index (χ1n) is 8.86. The number of hydrogen-bond acceptors (Lipinski definition) is 4. The van der Waals surface area contributed by atoms with Gasteiger partial charge in [-0.2, -0.15) is 8.78 Å². The van der Waals surface area contributed by atoms with Gasteiger partial charge < -0.3 is 19.7 Å². The quantitative estimate of drug-likeness (QED) is 0.652. The summed E-state index contributed by atoms with van der Waals surface area (Å²) in [5.41, 5.74) is 1.40. The van der Waals surface area contributed by atoms with Crippen LogP contribution in [-0.2, 0) is 0 Å². The molecule has 8 heteroatoms. The molecule has 5 nitrogen and oxygen atoms in total. The van der Waals surface area contributed by atoms with E-state index in [1.165, 1.54) is 0 Å². The molecule has 1 fully saturated rings. The molecule has 1 saturated heterocycles. The fourth-order valence-corrected chi connectivity index (χ4v) is 3.93. The Hall–Kier alpha value is -2.48. The van der Waals surface area contributed by atoms with Crippen LogP contribution in [0.25, 0.3) is 0 Å². The summed E-state index contributed by atoms with van der Waals surface area (Å²) in [4.78, 5) is 15.0. The zero-order valence-electron chi connectivity index (χ0n) is 15.7. The SMILES string of the molecule is COc1ccc(C2CCCN2C(=O)Nc2cccc(SC(F)F)c2)c(OC)c1. The van der Waals surface area contributed by atoms with Crippen LogP contribution in [0.15, 0.2) is 47.4 Å². The average molecular weight is 408 g/mol. The third kappa shape index (κ3) is 4.67. The van der Waals surface area contributed by atoms with Gasteiger partial charge in [0, 0.05) is 28.8 Å². The Morgan fingerprint density at radius 1 is 1.21 bits per heavy atom. The second-order valence-corrected chi connectivity index (χ2v) is 7.36. The van der Waals surface area contributed by atoms with Gasteiger partial charge in [-0.05, 0) is 43.2 Å². The summed E-state index contributed by atoms with van der Waals surface area (Å²) in [5, 5.41) is 2.82. The molecule has 0 saturated carbocycles. The number of amides is 2. The lowest BCUT2D eigenvalue weighted by atomic mass is 10.0. The van der Waals surface area contributed by atoms with Crippen molar-refractivity contribution >= 4 is 23.5 Å². The van der Waals surface area contributed by atoms with Gasteiger partial charge in [-0.15, -0.1) is 0 Å². The lowest BCUT2D eigenvalue weighted by Gasteiger charge is -2.27. The number of carbonyl (C=O) groups excluding carboxylic acids is 1. The van der Waals surface area contributed by atoms with Crippen LogP contribution in [0.1, 0.15) is 24.4 Å². The number of carbonyl (C=O) groups is 1. The van der Waals surface area contributed by atoms with E-state index in [2.05, 4.69) is 5.32 Å². The van der Waals surface area contributed by atoms with Crippen molar-refractivity contribution in [3.05, 3.63) is 48.0 Å². The van der Waals surface area contributed by atoms with Crippen molar-refractivity contribution in [2.45, 2.75) is 29.5 Å². The standard InChI is InChI=1S/C20H22F2N2O3S/c1-26-14-8-9-16(18(12-14)27-2)17-7-4-10-24(17)20(25)23-13-5-3-6-15(11-13)28-19(21)22/h3,5-6,8-9,11-12,17,19H,4,7,10H2,1-2H3,(H,23,25). The Morgan fingerprint density at radius 3 is 2.75 bits per heavy atom. The predicted octanol–water partition coefficient (Wildman–Crippen LogP) is 5.39. The van der Waals surface area contributed by atoms with Crippen LogP contribution in [0.2, 0.25) is 0 Å². The number of rotatable bonds is 6. The first kappa shape index (κ1) is 20.3. The Labute approximate surface area is 167 Å². The van der Waals surface area contributed by atoms with Gasteiger partial charge in [0.05, 0.1) is 20.3 Å². The van der Waals surface area contributed by atoms with Crippen LogP contribution in [0.5, 0.6) is 11.5 Å². The number of likely N-dealkylation sites (tertiary alicyclic amines) is 1. The van der Waals surface area contributed by atoms with Crippen molar-refractivity contribution in [1.29, 1.82) is 0 Å². The van der Waals surface area contributed by atoms with Crippen LogP contribution < -0.4 is 14.8 Å². The Morgan fingerprint density at radius 2 is 2.04 bits per heavy atom. The van der Waals surface area contributed by atoms with E-state index in [4.69, 9.17) is 9.47 Å². The van der Waals surface area contributed by atoms with E-state index in [9.17, 15) is 13.6 Å². The van der Waals surface area contributed by atoms with E-state index < -0.39 is 5.76 Å². The van der Waals surface area contributed by atoms with Crippen LogP contribution in [-0.4, -0.2) is 37.5 Å². The van der Waals surface area contributed by atoms with Crippen molar-refractivity contribution in [3.63, 3.8) is 0 Å². The smallest absolute Gasteiger partial charge is 0.322 e. The van der Waals surface area contributed by atoms with Crippen molar-refractivity contribution in [1.82, 2.24) is 4.90 Å². The first-order chi connectivity index (χ1) is 13.5. The number of alkyl halides is 2. The van der Waals surface area contributed by atoms with Gasteiger partial charge in [0.15, 0.2) is 0 Å². The molecule has 0 aromatic heterocycles. The minimum atomic E-state index is -2.50. The number of nitrogens with one attached hydrogen (secondary N) is 1. The summed E-state index contributed by atoms with van der Waals surface area (Å²) >= 11 is 0.451. The van der Waals surface area contributed by atoms with Crippen LogP contribution in [0.4, 0.5) is 19.3 Å². The van der Waals surface area contributed by atoms with Gasteiger partial charge in [0.2, 0.25) is 0 Å². The third-order valence-corrected chi connectivity index (χ3v) is 5.33. The van der Waals surface area contributed by atoms with E-state index in [1.807, 2.05) is 12.1 Å². The second kappa shape index (κ2) is 9.14. The molecular formula is C20H22F2N2O3S. The summed E-state index contributed by atoms with van der Waals surface area (Å²) < 4.78 is 35.9. The van der Waals surface area contributed by atoms with Crippen molar-refractivity contribution in [2.75, 3.05) is 26.1 Å². The molecule has 1 aliphatic rings. The van der Waals surface area contributed by atoms with Gasteiger partial charge in [0.25, 0.3) is 5.76 Å². The van der Waals surface area contributed by atoms with Gasteiger partial charge in [-0.1, -0.05) is 17.8 Å². The highest BCUT2D eigenvalue weighted by Crippen LogP contribution is 2.39. The maximum absolute atomic E-state index is 12.8. The molecule has 1 aliphatic heterocycles. The number of urea groups is 1. The van der Waals surface area contributed by atoms with E-state index >= 15 is 0 Å². The molecule has 150 valence electrons. The second-order valence-electron chi connectivity index (χ2n) is 6.30. The van der Waals surface area contributed by atoms with E-state index in [-0.39, 0.29) is 12.1 Å². The van der Waals surface area contributed by atoms with E-state index in [0.717, 1.165) is 18.4 Å². The highest BCUT2D eigenvalue weighted by atomic mass is 32.2. The number of halogens is 2. The fourth-order valence-electron chi connectivity index (χ4n) is 3.37. The minimum Gasteiger partial charge on any atom is -0.497 e. The van der Waals surface area contributed by atoms with Crippen LogP contribution >= 0.6 is 11.8 Å². The monoisotopic (exact) mass is 408 g/mol. The molecule has 1 unspecified atom stereocenters. The molecule has 2 amide bonds. The maximum atomic E-state index is 12.8. The molecule has 28 heavy (non-hydrogen) atoms. The van der Waals surface area contributed by atoms with Crippen molar-refractivity contribution in [2.24, 2.45) is 0 Å². The molecular weight excluding hydrogens is 386 g/mol. The van der Waals surface area contributed by atoms with Crippen molar-refractivity contribution in [3.8, 4) is 11.5 Å². The molecule has 0 radical (unpaired) electrons. The predicted molar refractivity (Wildman–Crippen MR) is 106 cm³/mol. The summed E-state index contributed by atoms with van der Waals surface area (Å²) in [6, 6.07) is 11.6. The molecule has 3 rings (SSSR count). The molecule has 0 spiro atoms. The van der Waals surface area contributed by atoms with Gasteiger partial charge in [0.1, 0.15) is 11.5 Å². The van der Waals surface area contributed by atoms with Gasteiger partial charge in [-0.3, -0.25) is 0 Å². The van der Waals surface area contributed by atoms with E-state index in [1.54, 1.807) is 49.5 Å². The van der Waals surface area contributed by atoms with Crippen LogP contribution in [0, 0.1) is 0 Å². The lowest BCUT2D eigenvalue weighted by Crippen LogP contribution is -2.34. The molecule has 0 aliphatic carbocycles. The number of benzene rings is 2.